The second-order valence-electron chi connectivity index (χ2n) is 3.90. The lowest BCUT2D eigenvalue weighted by Crippen LogP contribution is -2.28. The number of hydrogen-bond donors (Lipinski definition) is 2. The molecule has 17 heavy (non-hydrogen) atoms. The van der Waals surface area contributed by atoms with Crippen molar-refractivity contribution in [1.82, 2.24) is 5.32 Å². The molecule has 100 valence electrons. The summed E-state index contributed by atoms with van der Waals surface area (Å²) in [6.45, 7) is 3.87. The maximum absolute atomic E-state index is 10.7. The van der Waals surface area contributed by atoms with Crippen LogP contribution in [0.1, 0.15) is 26.2 Å². The molecule has 0 radical (unpaired) electrons. The number of carbonyl (C=O) groups is 2. The zero-order valence-electron chi connectivity index (χ0n) is 9.51. The molecular formula is C10H16F3NO3. The van der Waals surface area contributed by atoms with Crippen molar-refractivity contribution in [3.63, 3.8) is 0 Å². The average molecular weight is 255 g/mol. The highest BCUT2D eigenvalue weighted by Crippen LogP contribution is 2.15. The molecule has 0 saturated carbocycles. The van der Waals surface area contributed by atoms with Crippen LogP contribution in [0.3, 0.4) is 0 Å². The molecule has 1 aliphatic rings. The van der Waals surface area contributed by atoms with Crippen LogP contribution >= 0.6 is 0 Å². The van der Waals surface area contributed by atoms with E-state index in [0.29, 0.717) is 11.7 Å². The number of carbonyl (C=O) groups excluding carboxylic acids is 1. The molecule has 0 aliphatic carbocycles. The first kappa shape index (κ1) is 15.9. The summed E-state index contributed by atoms with van der Waals surface area (Å²) in [4.78, 5) is 19.6. The first-order valence-electron chi connectivity index (χ1n) is 5.23. The van der Waals surface area contributed by atoms with Crippen molar-refractivity contribution in [3.05, 3.63) is 0 Å². The van der Waals surface area contributed by atoms with Crippen LogP contribution < -0.4 is 5.32 Å². The summed E-state index contributed by atoms with van der Waals surface area (Å²) in [5.41, 5.74) is 0. The molecular weight excluding hydrogens is 239 g/mol. The number of carboxylic acid groups (broad SMARTS) is 1. The van der Waals surface area contributed by atoms with Gasteiger partial charge in [-0.15, -0.1) is 0 Å². The Hall–Kier alpha value is -1.11. The van der Waals surface area contributed by atoms with E-state index in [1.165, 1.54) is 12.8 Å². The smallest absolute Gasteiger partial charge is 0.475 e. The van der Waals surface area contributed by atoms with Gasteiger partial charge in [0.25, 0.3) is 0 Å². The van der Waals surface area contributed by atoms with Gasteiger partial charge in [-0.1, -0.05) is 0 Å². The average Bonchev–Trinajstić information content (AvgIpc) is 2.17. The Balaban J connectivity index is 0.000000325. The molecule has 0 aromatic heterocycles. The number of ketones is 1. The predicted molar refractivity (Wildman–Crippen MR) is 54.6 cm³/mol. The van der Waals surface area contributed by atoms with Crippen molar-refractivity contribution in [3.8, 4) is 0 Å². The quantitative estimate of drug-likeness (QED) is 0.786. The summed E-state index contributed by atoms with van der Waals surface area (Å²) in [6.07, 6.45) is -1.93. The molecule has 0 aromatic carbocycles. The van der Waals surface area contributed by atoms with E-state index in [9.17, 15) is 18.0 Å². The first-order valence-corrected chi connectivity index (χ1v) is 5.23. The fourth-order valence-electron chi connectivity index (χ4n) is 1.49. The van der Waals surface area contributed by atoms with Gasteiger partial charge >= 0.3 is 12.1 Å². The summed E-state index contributed by atoms with van der Waals surface area (Å²) in [5, 5.41) is 10.4. The third-order valence-corrected chi connectivity index (χ3v) is 2.28. The zero-order valence-corrected chi connectivity index (χ0v) is 9.51. The monoisotopic (exact) mass is 255 g/mol. The minimum atomic E-state index is -5.08. The Morgan fingerprint density at radius 3 is 2.00 bits per heavy atom. The SMILES string of the molecule is CC(=O)CC1CCNCC1.O=C(O)C(F)(F)F. The molecule has 1 rings (SSSR count). The van der Waals surface area contributed by atoms with Crippen molar-refractivity contribution in [2.45, 2.75) is 32.4 Å². The van der Waals surface area contributed by atoms with Gasteiger partial charge in [0.1, 0.15) is 5.78 Å². The molecule has 4 nitrogen and oxygen atoms in total. The second-order valence-corrected chi connectivity index (χ2v) is 3.90. The zero-order chi connectivity index (χ0) is 13.5. The summed E-state index contributed by atoms with van der Waals surface area (Å²) in [5.74, 6) is -1.75. The van der Waals surface area contributed by atoms with Gasteiger partial charge in [0.15, 0.2) is 0 Å². The van der Waals surface area contributed by atoms with Crippen molar-refractivity contribution < 1.29 is 27.9 Å². The minimum absolute atomic E-state index is 0.340. The Labute approximate surface area is 97.2 Å². The molecule has 2 N–H and O–H groups in total. The van der Waals surface area contributed by atoms with Gasteiger partial charge in [-0.2, -0.15) is 13.2 Å². The number of carboxylic acids is 1. The van der Waals surface area contributed by atoms with Gasteiger partial charge in [0.2, 0.25) is 0 Å². The Kier molecular flexibility index (Phi) is 6.79. The van der Waals surface area contributed by atoms with E-state index >= 15 is 0 Å². The third kappa shape index (κ3) is 8.67. The van der Waals surface area contributed by atoms with Crippen LogP contribution in [0.2, 0.25) is 0 Å². The molecule has 7 heteroatoms. The number of hydrogen-bond acceptors (Lipinski definition) is 3. The number of halogens is 3. The Morgan fingerprint density at radius 1 is 1.29 bits per heavy atom. The number of alkyl halides is 3. The number of piperidine rings is 1. The van der Waals surface area contributed by atoms with E-state index in [-0.39, 0.29) is 0 Å². The normalized spacial score (nSPS) is 16.9. The largest absolute Gasteiger partial charge is 0.490 e. The van der Waals surface area contributed by atoms with Gasteiger partial charge in [-0.05, 0) is 38.8 Å². The first-order chi connectivity index (χ1) is 7.73. The van der Waals surface area contributed by atoms with E-state index in [2.05, 4.69) is 5.32 Å². The highest BCUT2D eigenvalue weighted by atomic mass is 19.4. The van der Waals surface area contributed by atoms with Crippen molar-refractivity contribution in [1.29, 1.82) is 0 Å². The number of Topliss-reactive ketones (excluding diaryl/α,β-unsaturated/α-hetero) is 1. The maximum Gasteiger partial charge on any atom is 0.490 e. The number of nitrogens with one attached hydrogen (secondary N) is 1. The van der Waals surface area contributed by atoms with Crippen LogP contribution in [0.5, 0.6) is 0 Å². The van der Waals surface area contributed by atoms with Gasteiger partial charge in [0, 0.05) is 6.42 Å². The van der Waals surface area contributed by atoms with Crippen LogP contribution in [-0.2, 0) is 9.59 Å². The fourth-order valence-corrected chi connectivity index (χ4v) is 1.49. The molecule has 1 heterocycles. The summed E-state index contributed by atoms with van der Waals surface area (Å²) in [6, 6.07) is 0. The topological polar surface area (TPSA) is 66.4 Å². The summed E-state index contributed by atoms with van der Waals surface area (Å²) in [7, 11) is 0. The van der Waals surface area contributed by atoms with Gasteiger partial charge in [-0.25, -0.2) is 4.79 Å². The molecule has 0 aromatic rings. The standard InChI is InChI=1S/C8H15NO.C2HF3O2/c1-7(10)6-8-2-4-9-5-3-8;3-2(4,5)1(6)7/h8-9H,2-6H2,1H3;(H,6,7). The number of rotatable bonds is 2. The lowest BCUT2D eigenvalue weighted by Gasteiger charge is -2.20. The maximum atomic E-state index is 10.7. The predicted octanol–water partition coefficient (Wildman–Crippen LogP) is 1.60. The van der Waals surface area contributed by atoms with E-state index in [1.54, 1.807) is 6.92 Å². The summed E-state index contributed by atoms with van der Waals surface area (Å²) >= 11 is 0. The highest BCUT2D eigenvalue weighted by Gasteiger charge is 2.38. The molecule has 0 atom stereocenters. The van der Waals surface area contributed by atoms with E-state index in [1.807, 2.05) is 0 Å². The highest BCUT2D eigenvalue weighted by molar-refractivity contribution is 5.75. The Bertz CT molecular complexity index is 260. The van der Waals surface area contributed by atoms with Crippen LogP contribution in [-0.4, -0.2) is 36.1 Å². The lowest BCUT2D eigenvalue weighted by molar-refractivity contribution is -0.192. The Morgan fingerprint density at radius 2 is 1.71 bits per heavy atom. The lowest BCUT2D eigenvalue weighted by atomic mass is 9.93. The summed E-state index contributed by atoms with van der Waals surface area (Å²) < 4.78 is 31.7. The van der Waals surface area contributed by atoms with Gasteiger partial charge < -0.3 is 15.2 Å². The van der Waals surface area contributed by atoms with Crippen LogP contribution in [0.25, 0.3) is 0 Å². The second kappa shape index (κ2) is 7.26. The van der Waals surface area contributed by atoms with Crippen LogP contribution in [0.4, 0.5) is 13.2 Å². The van der Waals surface area contributed by atoms with E-state index in [0.717, 1.165) is 19.5 Å². The molecule has 0 bridgehead atoms. The van der Waals surface area contributed by atoms with Gasteiger partial charge in [-0.3, -0.25) is 0 Å². The minimum Gasteiger partial charge on any atom is -0.475 e. The van der Waals surface area contributed by atoms with E-state index < -0.39 is 12.1 Å². The van der Waals surface area contributed by atoms with Crippen LogP contribution in [0, 0.1) is 5.92 Å². The molecule has 0 unspecified atom stereocenters. The van der Waals surface area contributed by atoms with Crippen molar-refractivity contribution in [2.75, 3.05) is 13.1 Å². The molecule has 0 spiro atoms. The molecule has 1 aliphatic heterocycles. The molecule has 1 saturated heterocycles. The molecule has 0 amide bonds. The number of aliphatic carboxylic acids is 1. The van der Waals surface area contributed by atoms with Gasteiger partial charge in [0.05, 0.1) is 0 Å². The van der Waals surface area contributed by atoms with Crippen molar-refractivity contribution >= 4 is 11.8 Å². The van der Waals surface area contributed by atoms with Crippen molar-refractivity contribution in [2.24, 2.45) is 5.92 Å². The van der Waals surface area contributed by atoms with E-state index in [4.69, 9.17) is 9.90 Å². The van der Waals surface area contributed by atoms with Crippen LogP contribution in [0.15, 0.2) is 0 Å². The third-order valence-electron chi connectivity index (χ3n) is 2.28. The molecule has 1 fully saturated rings. The fraction of sp³-hybridized carbons (Fsp3) is 0.800.